The van der Waals surface area contributed by atoms with Crippen molar-refractivity contribution in [2.75, 3.05) is 26.2 Å². The summed E-state index contributed by atoms with van der Waals surface area (Å²) >= 11 is 0. The van der Waals surface area contributed by atoms with Crippen LogP contribution in [0.4, 0.5) is 0 Å². The normalized spacial score (nSPS) is 11.2. The zero-order valence-corrected chi connectivity index (χ0v) is 7.52. The average molecular weight is 180 g/mol. The van der Waals surface area contributed by atoms with Crippen LogP contribution in [-0.2, 0) is 9.36 Å². The van der Waals surface area contributed by atoms with Gasteiger partial charge < -0.3 is 9.88 Å². The molecule has 1 amide bonds. The molecule has 66 valence electrons. The van der Waals surface area contributed by atoms with Gasteiger partial charge in [0, 0.05) is 6.29 Å². The highest BCUT2D eigenvalue weighted by Gasteiger charge is 2.06. The number of hydroxylamine groups is 1. The van der Waals surface area contributed by atoms with Crippen molar-refractivity contribution in [1.29, 1.82) is 0 Å². The monoisotopic (exact) mass is 180 g/mol. The van der Waals surface area contributed by atoms with Crippen LogP contribution in [0.15, 0.2) is 0 Å². The predicted octanol–water partition coefficient (Wildman–Crippen LogP) is -0.338. The molecule has 3 N–H and O–H groups in total. The Bertz CT molecular complexity index is 177. The fourth-order valence-electron chi connectivity index (χ4n) is 0.478. The van der Waals surface area contributed by atoms with E-state index in [2.05, 4.69) is 5.32 Å². The summed E-state index contributed by atoms with van der Waals surface area (Å²) in [6.07, 6.45) is 0.306. The largest absolute Gasteiger partial charge is 0.323 e. The minimum absolute atomic E-state index is 0.0117. The maximum absolute atomic E-state index is 11.0. The molecule has 0 fully saturated rings. The van der Waals surface area contributed by atoms with Gasteiger partial charge in [-0.05, 0) is 13.3 Å². The minimum Gasteiger partial charge on any atom is -0.323 e. The summed E-state index contributed by atoms with van der Waals surface area (Å²) in [7, 11) is -2.11. The van der Waals surface area contributed by atoms with Crippen molar-refractivity contribution in [3.8, 4) is 0 Å². The molecule has 6 heteroatoms. The molecule has 0 spiro atoms. The first kappa shape index (κ1) is 10.6. The molecule has 0 atom stereocenters. The third kappa shape index (κ3) is 7.52. The number of nitrogens with one attached hydrogen (secondary N) is 2. The number of carbonyl (C=O) groups is 1. The van der Waals surface area contributed by atoms with Crippen LogP contribution in [0.1, 0.15) is 0 Å². The predicted molar refractivity (Wildman–Crippen MR) is 42.3 cm³/mol. The van der Waals surface area contributed by atoms with Crippen LogP contribution in [-0.4, -0.2) is 37.3 Å². The highest BCUT2D eigenvalue weighted by atomic mass is 31.2. The first-order chi connectivity index (χ1) is 4.95. The van der Waals surface area contributed by atoms with E-state index in [-0.39, 0.29) is 6.54 Å². The second-order valence-electron chi connectivity index (χ2n) is 2.69. The summed E-state index contributed by atoms with van der Waals surface area (Å²) in [6.45, 7) is 3.23. The quantitative estimate of drug-likeness (QED) is 0.314. The number of amides is 1. The van der Waals surface area contributed by atoms with Crippen LogP contribution in [0.5, 0.6) is 0 Å². The van der Waals surface area contributed by atoms with Crippen LogP contribution >= 0.6 is 7.14 Å². The van der Waals surface area contributed by atoms with E-state index in [0.29, 0.717) is 6.29 Å². The molecule has 5 nitrogen and oxygen atoms in total. The highest BCUT2D eigenvalue weighted by Crippen LogP contribution is 2.33. The topological polar surface area (TPSA) is 78.4 Å². The van der Waals surface area contributed by atoms with Crippen LogP contribution in [0.2, 0.25) is 0 Å². The maximum Gasteiger partial charge on any atom is 0.257 e. The molecule has 0 aromatic carbocycles. The van der Waals surface area contributed by atoms with E-state index in [0.717, 1.165) is 0 Å². The molecule has 0 aromatic rings. The van der Waals surface area contributed by atoms with E-state index in [1.54, 1.807) is 13.3 Å². The van der Waals surface area contributed by atoms with Crippen molar-refractivity contribution in [1.82, 2.24) is 10.8 Å². The molecule has 0 rings (SSSR count). The van der Waals surface area contributed by atoms with Gasteiger partial charge in [-0.1, -0.05) is 0 Å². The standard InChI is InChI=1S/C5H13N2O3P/c1-11(2,10)4-6-3-5(8)7-9/h6,9H,3-4H2,1-2H3,(H,7,8). The van der Waals surface area contributed by atoms with Gasteiger partial charge in [0.25, 0.3) is 5.91 Å². The molecule has 0 aromatic heterocycles. The lowest BCUT2D eigenvalue weighted by molar-refractivity contribution is -0.128. The summed E-state index contributed by atoms with van der Waals surface area (Å²) in [4.78, 5) is 10.4. The zero-order chi connectivity index (χ0) is 8.91. The highest BCUT2D eigenvalue weighted by molar-refractivity contribution is 7.62. The molecule has 0 aliphatic heterocycles. The van der Waals surface area contributed by atoms with E-state index < -0.39 is 13.0 Å². The first-order valence-corrected chi connectivity index (χ1v) is 5.92. The third-order valence-corrected chi connectivity index (χ3v) is 1.89. The van der Waals surface area contributed by atoms with E-state index in [4.69, 9.17) is 5.21 Å². The van der Waals surface area contributed by atoms with Crippen molar-refractivity contribution >= 4 is 13.0 Å². The van der Waals surface area contributed by atoms with Crippen molar-refractivity contribution in [3.63, 3.8) is 0 Å². The molecule has 0 bridgehead atoms. The van der Waals surface area contributed by atoms with Crippen LogP contribution in [0, 0.1) is 0 Å². The summed E-state index contributed by atoms with van der Waals surface area (Å²) in [6, 6.07) is 0. The Morgan fingerprint density at radius 1 is 1.55 bits per heavy atom. The van der Waals surface area contributed by atoms with Gasteiger partial charge in [0.15, 0.2) is 0 Å². The van der Waals surface area contributed by atoms with E-state index in [1.165, 1.54) is 5.48 Å². The van der Waals surface area contributed by atoms with Crippen LogP contribution in [0.25, 0.3) is 0 Å². The first-order valence-electron chi connectivity index (χ1n) is 3.13. The Balaban J connectivity index is 3.43. The molecule has 0 saturated carbocycles. The van der Waals surface area contributed by atoms with Crippen molar-refractivity contribution in [2.24, 2.45) is 0 Å². The molecule has 0 heterocycles. The summed E-state index contributed by atoms with van der Waals surface area (Å²) in [5.41, 5.74) is 1.46. The molecule has 11 heavy (non-hydrogen) atoms. The Morgan fingerprint density at radius 2 is 2.09 bits per heavy atom. The molecule has 0 aliphatic rings. The number of hydrogen-bond acceptors (Lipinski definition) is 4. The average Bonchev–Trinajstić information content (AvgIpc) is 1.85. The van der Waals surface area contributed by atoms with Gasteiger partial charge in [-0.15, -0.1) is 0 Å². The van der Waals surface area contributed by atoms with Crippen molar-refractivity contribution < 1.29 is 14.6 Å². The van der Waals surface area contributed by atoms with E-state index in [1.807, 2.05) is 0 Å². The molecule has 0 unspecified atom stereocenters. The third-order valence-electron chi connectivity index (χ3n) is 0.903. The van der Waals surface area contributed by atoms with E-state index in [9.17, 15) is 9.36 Å². The number of rotatable bonds is 4. The summed E-state index contributed by atoms with van der Waals surface area (Å²) in [5, 5.41) is 10.7. The zero-order valence-electron chi connectivity index (χ0n) is 6.63. The molecule has 0 radical (unpaired) electrons. The lowest BCUT2D eigenvalue weighted by atomic mass is 10.6. The SMILES string of the molecule is CP(C)(=O)CNCC(=O)NO. The van der Waals surface area contributed by atoms with Gasteiger partial charge in [0.2, 0.25) is 0 Å². The second-order valence-corrected chi connectivity index (χ2v) is 6.16. The van der Waals surface area contributed by atoms with Crippen LogP contribution < -0.4 is 10.8 Å². The minimum atomic E-state index is -2.11. The molecule has 0 aliphatic carbocycles. The molecular formula is C5H13N2O3P. The Kier molecular flexibility index (Phi) is 4.33. The van der Waals surface area contributed by atoms with Crippen LogP contribution in [0.3, 0.4) is 0 Å². The smallest absolute Gasteiger partial charge is 0.257 e. The van der Waals surface area contributed by atoms with Gasteiger partial charge in [0.1, 0.15) is 0 Å². The van der Waals surface area contributed by atoms with Gasteiger partial charge in [-0.25, -0.2) is 5.48 Å². The fraction of sp³-hybridized carbons (Fsp3) is 0.800. The lowest BCUT2D eigenvalue weighted by Gasteiger charge is -2.06. The van der Waals surface area contributed by atoms with E-state index >= 15 is 0 Å². The maximum atomic E-state index is 11.0. The second kappa shape index (κ2) is 4.49. The van der Waals surface area contributed by atoms with Gasteiger partial charge in [-0.3, -0.25) is 10.0 Å². The fourth-order valence-corrected chi connectivity index (χ4v) is 1.13. The Hall–Kier alpha value is -0.380. The van der Waals surface area contributed by atoms with Gasteiger partial charge >= 0.3 is 0 Å². The summed E-state index contributed by atoms with van der Waals surface area (Å²) < 4.78 is 11.0. The van der Waals surface area contributed by atoms with Crippen molar-refractivity contribution in [3.05, 3.63) is 0 Å². The Morgan fingerprint density at radius 3 is 2.45 bits per heavy atom. The van der Waals surface area contributed by atoms with Gasteiger partial charge in [-0.2, -0.15) is 0 Å². The lowest BCUT2D eigenvalue weighted by Crippen LogP contribution is -2.32. The summed E-state index contributed by atoms with van der Waals surface area (Å²) in [5.74, 6) is -0.529. The van der Waals surface area contributed by atoms with Crippen molar-refractivity contribution in [2.45, 2.75) is 0 Å². The molecular weight excluding hydrogens is 167 g/mol. The number of hydrogen-bond donors (Lipinski definition) is 3. The Labute approximate surface area is 65.5 Å². The van der Waals surface area contributed by atoms with Gasteiger partial charge in [0.05, 0.1) is 13.7 Å². The number of carbonyl (C=O) groups excluding carboxylic acids is 1. The molecule has 0 saturated heterocycles.